The van der Waals surface area contributed by atoms with Crippen LogP contribution in [0.15, 0.2) is 0 Å². The largest absolute Gasteiger partial charge is 0.315 e. The van der Waals surface area contributed by atoms with Crippen molar-refractivity contribution in [1.82, 2.24) is 10.2 Å². The summed E-state index contributed by atoms with van der Waals surface area (Å²) in [4.78, 5) is 2.59. The van der Waals surface area contributed by atoms with Crippen molar-refractivity contribution < 1.29 is 0 Å². The highest BCUT2D eigenvalue weighted by molar-refractivity contribution is 4.85. The molecule has 0 aromatic heterocycles. The van der Waals surface area contributed by atoms with Gasteiger partial charge in [-0.25, -0.2) is 0 Å². The monoisotopic (exact) mass is 240 g/mol. The number of rotatable bonds is 4. The van der Waals surface area contributed by atoms with Gasteiger partial charge in [-0.05, 0) is 38.3 Å². The maximum Gasteiger partial charge on any atom is 0.0240 e. The summed E-state index contributed by atoms with van der Waals surface area (Å²) >= 11 is 0. The van der Waals surface area contributed by atoms with E-state index in [1.165, 1.54) is 25.7 Å². The Bertz CT molecular complexity index is 219. The SMILES string of the molecule is CNC(CN(C)C1CCCC(C)C1)C(C)(C)C. The van der Waals surface area contributed by atoms with Gasteiger partial charge < -0.3 is 10.2 Å². The van der Waals surface area contributed by atoms with E-state index in [4.69, 9.17) is 0 Å². The molecule has 1 aliphatic carbocycles. The van der Waals surface area contributed by atoms with E-state index in [9.17, 15) is 0 Å². The van der Waals surface area contributed by atoms with Crippen molar-refractivity contribution in [3.8, 4) is 0 Å². The first kappa shape index (κ1) is 15.0. The van der Waals surface area contributed by atoms with Gasteiger partial charge >= 0.3 is 0 Å². The molecule has 1 N–H and O–H groups in total. The first-order valence-corrected chi connectivity index (χ1v) is 7.22. The van der Waals surface area contributed by atoms with Crippen molar-refractivity contribution >= 4 is 0 Å². The second-order valence-corrected chi connectivity index (χ2v) is 7.07. The highest BCUT2D eigenvalue weighted by Gasteiger charge is 2.28. The molecule has 0 bridgehead atoms. The standard InChI is InChI=1S/C15H32N2/c1-12-8-7-9-13(10-12)17(6)11-14(16-5)15(2,3)4/h12-14,16H,7-11H2,1-6H3. The molecule has 0 radical (unpaired) electrons. The second-order valence-electron chi connectivity index (χ2n) is 7.07. The zero-order valence-corrected chi connectivity index (χ0v) is 12.7. The number of hydrogen-bond acceptors (Lipinski definition) is 2. The first-order valence-electron chi connectivity index (χ1n) is 7.22. The molecule has 0 amide bonds. The van der Waals surface area contributed by atoms with Gasteiger partial charge in [0.1, 0.15) is 0 Å². The lowest BCUT2D eigenvalue weighted by Crippen LogP contribution is -2.49. The summed E-state index contributed by atoms with van der Waals surface area (Å²) in [5.74, 6) is 0.916. The lowest BCUT2D eigenvalue weighted by Gasteiger charge is -2.39. The maximum absolute atomic E-state index is 3.48. The van der Waals surface area contributed by atoms with Crippen molar-refractivity contribution in [2.75, 3.05) is 20.6 Å². The van der Waals surface area contributed by atoms with Gasteiger partial charge in [0.15, 0.2) is 0 Å². The molecule has 0 aromatic carbocycles. The van der Waals surface area contributed by atoms with E-state index in [-0.39, 0.29) is 0 Å². The van der Waals surface area contributed by atoms with E-state index in [2.05, 4.69) is 52.0 Å². The van der Waals surface area contributed by atoms with Gasteiger partial charge in [-0.15, -0.1) is 0 Å². The third kappa shape index (κ3) is 4.59. The van der Waals surface area contributed by atoms with Crippen LogP contribution in [0, 0.1) is 11.3 Å². The lowest BCUT2D eigenvalue weighted by atomic mass is 9.84. The molecular formula is C15H32N2. The molecule has 2 nitrogen and oxygen atoms in total. The highest BCUT2D eigenvalue weighted by Crippen LogP contribution is 2.28. The van der Waals surface area contributed by atoms with E-state index < -0.39 is 0 Å². The van der Waals surface area contributed by atoms with Gasteiger partial charge in [0, 0.05) is 18.6 Å². The Morgan fingerprint density at radius 2 is 1.94 bits per heavy atom. The van der Waals surface area contributed by atoms with Gasteiger partial charge in [0.25, 0.3) is 0 Å². The Balaban J connectivity index is 2.49. The van der Waals surface area contributed by atoms with Crippen molar-refractivity contribution in [1.29, 1.82) is 0 Å². The molecule has 0 heterocycles. The molecule has 0 aliphatic heterocycles. The second kappa shape index (κ2) is 6.19. The van der Waals surface area contributed by atoms with Crippen molar-refractivity contribution in [3.63, 3.8) is 0 Å². The molecule has 17 heavy (non-hydrogen) atoms. The van der Waals surface area contributed by atoms with E-state index in [0.717, 1.165) is 18.5 Å². The topological polar surface area (TPSA) is 15.3 Å². The number of likely N-dealkylation sites (N-methyl/N-ethyl adjacent to an activating group) is 2. The molecule has 1 fully saturated rings. The van der Waals surface area contributed by atoms with Crippen molar-refractivity contribution in [2.24, 2.45) is 11.3 Å². The van der Waals surface area contributed by atoms with Crippen LogP contribution in [0.25, 0.3) is 0 Å². The third-order valence-corrected chi connectivity index (χ3v) is 4.40. The van der Waals surface area contributed by atoms with Gasteiger partial charge in [-0.2, -0.15) is 0 Å². The summed E-state index contributed by atoms with van der Waals surface area (Å²) in [5.41, 5.74) is 0.337. The number of nitrogens with zero attached hydrogens (tertiary/aromatic N) is 1. The molecule has 0 aromatic rings. The Hall–Kier alpha value is -0.0800. The fourth-order valence-corrected chi connectivity index (χ4v) is 3.04. The van der Waals surface area contributed by atoms with Gasteiger partial charge in [-0.1, -0.05) is 40.5 Å². The van der Waals surface area contributed by atoms with E-state index in [1.54, 1.807) is 0 Å². The fraction of sp³-hybridized carbons (Fsp3) is 1.00. The molecule has 1 aliphatic rings. The predicted molar refractivity (Wildman–Crippen MR) is 76.4 cm³/mol. The summed E-state index contributed by atoms with van der Waals surface area (Å²) in [6.07, 6.45) is 5.62. The van der Waals surface area contributed by atoms with Crippen LogP contribution in [0.1, 0.15) is 53.4 Å². The summed E-state index contributed by atoms with van der Waals surface area (Å²) in [6, 6.07) is 1.38. The van der Waals surface area contributed by atoms with Crippen LogP contribution in [0.4, 0.5) is 0 Å². The summed E-state index contributed by atoms with van der Waals surface area (Å²) in [5, 5.41) is 3.48. The van der Waals surface area contributed by atoms with Gasteiger partial charge in [-0.3, -0.25) is 0 Å². The molecule has 0 spiro atoms. The van der Waals surface area contributed by atoms with Crippen LogP contribution in [0.5, 0.6) is 0 Å². The molecule has 102 valence electrons. The minimum atomic E-state index is 0.337. The molecule has 2 heteroatoms. The number of hydrogen-bond donors (Lipinski definition) is 1. The Kier molecular flexibility index (Phi) is 5.46. The summed E-state index contributed by atoms with van der Waals surface area (Å²) in [6.45, 7) is 10.5. The first-order chi connectivity index (χ1) is 7.84. The van der Waals surface area contributed by atoms with E-state index >= 15 is 0 Å². The smallest absolute Gasteiger partial charge is 0.0240 e. The molecular weight excluding hydrogens is 208 g/mol. The van der Waals surface area contributed by atoms with Crippen LogP contribution >= 0.6 is 0 Å². The molecule has 3 unspecified atom stereocenters. The summed E-state index contributed by atoms with van der Waals surface area (Å²) in [7, 11) is 4.39. The number of nitrogens with one attached hydrogen (secondary N) is 1. The molecule has 1 rings (SSSR count). The normalized spacial score (nSPS) is 28.4. The van der Waals surface area contributed by atoms with Crippen LogP contribution in [-0.2, 0) is 0 Å². The zero-order chi connectivity index (χ0) is 13.1. The maximum atomic E-state index is 3.48. The van der Waals surface area contributed by atoms with E-state index in [1.807, 2.05) is 0 Å². The average molecular weight is 240 g/mol. The molecule has 1 saturated carbocycles. The average Bonchev–Trinajstić information content (AvgIpc) is 2.23. The zero-order valence-electron chi connectivity index (χ0n) is 12.7. The quantitative estimate of drug-likeness (QED) is 0.812. The van der Waals surface area contributed by atoms with Crippen LogP contribution in [-0.4, -0.2) is 37.6 Å². The Labute approximate surface area is 108 Å². The predicted octanol–water partition coefficient (Wildman–Crippen LogP) is 3.13. The third-order valence-electron chi connectivity index (χ3n) is 4.40. The Morgan fingerprint density at radius 1 is 1.29 bits per heavy atom. The minimum absolute atomic E-state index is 0.337. The highest BCUT2D eigenvalue weighted by atomic mass is 15.2. The Morgan fingerprint density at radius 3 is 2.41 bits per heavy atom. The summed E-state index contributed by atoms with van der Waals surface area (Å²) < 4.78 is 0. The van der Waals surface area contributed by atoms with Gasteiger partial charge in [0.2, 0.25) is 0 Å². The van der Waals surface area contributed by atoms with Crippen molar-refractivity contribution in [2.45, 2.75) is 65.5 Å². The lowest BCUT2D eigenvalue weighted by molar-refractivity contribution is 0.124. The van der Waals surface area contributed by atoms with Crippen LogP contribution in [0.3, 0.4) is 0 Å². The molecule has 0 saturated heterocycles. The van der Waals surface area contributed by atoms with Crippen LogP contribution < -0.4 is 5.32 Å². The minimum Gasteiger partial charge on any atom is -0.315 e. The van der Waals surface area contributed by atoms with Crippen LogP contribution in [0.2, 0.25) is 0 Å². The molecule has 3 atom stereocenters. The van der Waals surface area contributed by atoms with Gasteiger partial charge in [0.05, 0.1) is 0 Å². The van der Waals surface area contributed by atoms with E-state index in [0.29, 0.717) is 11.5 Å². The fourth-order valence-electron chi connectivity index (χ4n) is 3.04. The van der Waals surface area contributed by atoms with Crippen molar-refractivity contribution in [3.05, 3.63) is 0 Å².